The molecule has 1 aliphatic carbocycles. The number of aromatic nitrogens is 1. The molecule has 2 fully saturated rings. The molecule has 1 saturated carbocycles. The molecule has 168 valence electrons. The average Bonchev–Trinajstić information content (AvgIpc) is 3.32. The number of nitriles is 1. The highest BCUT2D eigenvalue weighted by molar-refractivity contribution is 5.99. The van der Waals surface area contributed by atoms with Crippen molar-refractivity contribution in [3.05, 3.63) is 52.7 Å². The normalized spacial score (nSPS) is 22.5. The molecule has 1 aliphatic heterocycles. The number of hydrogen-bond donors (Lipinski definition) is 0. The summed E-state index contributed by atoms with van der Waals surface area (Å²) in [6, 6.07) is 9.50. The number of alkyl halides is 3. The fourth-order valence-corrected chi connectivity index (χ4v) is 5.20. The molecule has 32 heavy (non-hydrogen) atoms. The van der Waals surface area contributed by atoms with Crippen LogP contribution in [0.25, 0.3) is 0 Å². The summed E-state index contributed by atoms with van der Waals surface area (Å²) in [6.45, 7) is 3.84. The van der Waals surface area contributed by atoms with Crippen molar-refractivity contribution in [3.63, 3.8) is 0 Å². The minimum Gasteiger partial charge on any atom is -0.343 e. The van der Waals surface area contributed by atoms with E-state index in [2.05, 4.69) is 4.98 Å². The zero-order valence-electron chi connectivity index (χ0n) is 18.3. The van der Waals surface area contributed by atoms with Crippen molar-refractivity contribution in [3.8, 4) is 6.07 Å². The number of amides is 1. The van der Waals surface area contributed by atoms with E-state index < -0.39 is 23.3 Å². The number of halogens is 3. The smallest absolute Gasteiger partial charge is 0.343 e. The minimum atomic E-state index is -4.68. The highest BCUT2D eigenvalue weighted by Crippen LogP contribution is 2.46. The third kappa shape index (κ3) is 3.81. The van der Waals surface area contributed by atoms with Gasteiger partial charge >= 0.3 is 6.18 Å². The number of nitrogens with zero attached hydrogens (tertiary/aromatic N) is 4. The Hall–Kier alpha value is -3.08. The first kappa shape index (κ1) is 22.1. The number of carbonyl (C=O) groups excluding carboxylic acids is 1. The summed E-state index contributed by atoms with van der Waals surface area (Å²) in [6.07, 6.45) is -1.94. The molecule has 2 aromatic rings. The first-order chi connectivity index (χ1) is 15.1. The van der Waals surface area contributed by atoms with Crippen molar-refractivity contribution < 1.29 is 18.0 Å². The number of aryl methyl sites for hydroxylation is 2. The van der Waals surface area contributed by atoms with Crippen LogP contribution in [0, 0.1) is 37.0 Å². The van der Waals surface area contributed by atoms with Crippen molar-refractivity contribution in [2.75, 3.05) is 23.4 Å². The van der Waals surface area contributed by atoms with Gasteiger partial charge in [-0.1, -0.05) is 18.6 Å². The van der Waals surface area contributed by atoms with Crippen LogP contribution in [0.2, 0.25) is 0 Å². The molecular weight excluding hydrogens is 417 g/mol. The van der Waals surface area contributed by atoms with Crippen LogP contribution < -0.4 is 9.80 Å². The Bertz CT molecular complexity index is 1090. The number of likely N-dealkylation sites (N-methyl/N-ethyl adjacent to an activating group) is 1. The number of fused-ring (bicyclic) bond motifs is 1. The SMILES string of the molecule is Cc1cccc(N(C)C(=O)[C@H]2[C@H]3CCC[C@H]3CN2c2nc(C)cc(C(F)(F)F)c2C#N)c1. The summed E-state index contributed by atoms with van der Waals surface area (Å²) in [5.74, 6) is -0.00743. The van der Waals surface area contributed by atoms with Crippen LogP contribution in [-0.2, 0) is 11.0 Å². The van der Waals surface area contributed by atoms with Gasteiger partial charge in [0.15, 0.2) is 0 Å². The molecule has 1 aromatic heterocycles. The molecule has 0 N–H and O–H groups in total. The monoisotopic (exact) mass is 442 g/mol. The highest BCUT2D eigenvalue weighted by atomic mass is 19.4. The van der Waals surface area contributed by atoms with E-state index in [-0.39, 0.29) is 29.3 Å². The minimum absolute atomic E-state index is 0.0259. The lowest BCUT2D eigenvalue weighted by molar-refractivity contribution is -0.137. The number of pyridine rings is 1. The van der Waals surface area contributed by atoms with Crippen molar-refractivity contribution in [1.82, 2.24) is 4.98 Å². The Labute approximate surface area is 185 Å². The second-order valence-electron chi connectivity index (χ2n) is 8.81. The van der Waals surface area contributed by atoms with Crippen LogP contribution >= 0.6 is 0 Å². The maximum absolute atomic E-state index is 13.7. The molecule has 0 bridgehead atoms. The summed E-state index contributed by atoms with van der Waals surface area (Å²) in [5, 5.41) is 9.65. The van der Waals surface area contributed by atoms with E-state index in [9.17, 15) is 23.2 Å². The third-order valence-electron chi connectivity index (χ3n) is 6.68. The first-order valence-electron chi connectivity index (χ1n) is 10.7. The molecule has 4 rings (SSSR count). The molecule has 3 atom stereocenters. The Kier molecular flexibility index (Phi) is 5.61. The summed E-state index contributed by atoms with van der Waals surface area (Å²) >= 11 is 0. The van der Waals surface area contributed by atoms with Crippen LogP contribution in [0.4, 0.5) is 24.7 Å². The summed E-state index contributed by atoms with van der Waals surface area (Å²) in [7, 11) is 1.69. The largest absolute Gasteiger partial charge is 0.417 e. The molecule has 0 unspecified atom stereocenters. The Balaban J connectivity index is 1.80. The quantitative estimate of drug-likeness (QED) is 0.681. The fourth-order valence-electron chi connectivity index (χ4n) is 5.20. The highest BCUT2D eigenvalue weighted by Gasteiger charge is 2.50. The van der Waals surface area contributed by atoms with Gasteiger partial charge in [0.1, 0.15) is 23.5 Å². The van der Waals surface area contributed by atoms with Gasteiger partial charge in [0.05, 0.1) is 5.56 Å². The van der Waals surface area contributed by atoms with Crippen LogP contribution in [0.15, 0.2) is 30.3 Å². The molecule has 0 spiro atoms. The lowest BCUT2D eigenvalue weighted by atomic mass is 9.93. The molecule has 2 aliphatic rings. The number of carbonyl (C=O) groups is 1. The number of anilines is 2. The molecule has 0 radical (unpaired) electrons. The number of benzene rings is 1. The lowest BCUT2D eigenvalue weighted by Gasteiger charge is -2.32. The Morgan fingerprint density at radius 3 is 2.66 bits per heavy atom. The van der Waals surface area contributed by atoms with E-state index in [0.29, 0.717) is 6.54 Å². The van der Waals surface area contributed by atoms with E-state index in [0.717, 1.165) is 36.6 Å². The van der Waals surface area contributed by atoms with E-state index in [1.54, 1.807) is 22.9 Å². The molecule has 1 saturated heterocycles. The fraction of sp³-hybridized carbons (Fsp3) is 0.458. The third-order valence-corrected chi connectivity index (χ3v) is 6.68. The van der Waals surface area contributed by atoms with Crippen LogP contribution in [0.5, 0.6) is 0 Å². The summed E-state index contributed by atoms with van der Waals surface area (Å²) < 4.78 is 41.1. The van der Waals surface area contributed by atoms with Gasteiger partial charge in [-0.05, 0) is 62.3 Å². The van der Waals surface area contributed by atoms with Gasteiger partial charge in [0.2, 0.25) is 5.91 Å². The van der Waals surface area contributed by atoms with Gasteiger partial charge in [0.25, 0.3) is 0 Å². The van der Waals surface area contributed by atoms with E-state index in [1.807, 2.05) is 31.2 Å². The van der Waals surface area contributed by atoms with Crippen LogP contribution in [0.1, 0.15) is 41.6 Å². The van der Waals surface area contributed by atoms with Crippen molar-refractivity contribution in [1.29, 1.82) is 5.26 Å². The maximum atomic E-state index is 13.7. The second-order valence-corrected chi connectivity index (χ2v) is 8.81. The molecule has 1 amide bonds. The number of rotatable bonds is 3. The molecule has 1 aromatic carbocycles. The summed E-state index contributed by atoms with van der Waals surface area (Å²) in [5.41, 5.74) is 0.384. The zero-order chi connectivity index (χ0) is 23.2. The van der Waals surface area contributed by atoms with Gasteiger partial charge in [-0.2, -0.15) is 18.4 Å². The van der Waals surface area contributed by atoms with Gasteiger partial charge < -0.3 is 9.80 Å². The van der Waals surface area contributed by atoms with Crippen molar-refractivity contribution in [2.45, 2.75) is 45.3 Å². The maximum Gasteiger partial charge on any atom is 0.417 e. The Morgan fingerprint density at radius 1 is 1.25 bits per heavy atom. The topological polar surface area (TPSA) is 60.2 Å². The van der Waals surface area contributed by atoms with Gasteiger partial charge in [0, 0.05) is 25.0 Å². The molecule has 2 heterocycles. The van der Waals surface area contributed by atoms with Crippen molar-refractivity contribution in [2.24, 2.45) is 11.8 Å². The molecule has 8 heteroatoms. The van der Waals surface area contributed by atoms with Crippen LogP contribution in [-0.4, -0.2) is 30.5 Å². The summed E-state index contributed by atoms with van der Waals surface area (Å²) in [4.78, 5) is 21.3. The van der Waals surface area contributed by atoms with E-state index in [1.165, 1.54) is 6.92 Å². The Morgan fingerprint density at radius 2 is 2.00 bits per heavy atom. The van der Waals surface area contributed by atoms with Crippen LogP contribution in [0.3, 0.4) is 0 Å². The van der Waals surface area contributed by atoms with Crippen molar-refractivity contribution >= 4 is 17.4 Å². The standard InChI is InChI=1S/C24H25F3N4O/c1-14-6-4-8-17(10-14)30(3)23(32)21-18-9-5-7-16(18)13-31(21)22-19(12-28)20(24(25,26)27)11-15(2)29-22/h4,6,8,10-11,16,18,21H,5,7,9,13H2,1-3H3/t16-,18-,21+/m0/s1. The van der Waals surface area contributed by atoms with Gasteiger partial charge in [-0.25, -0.2) is 4.98 Å². The lowest BCUT2D eigenvalue weighted by Crippen LogP contribution is -2.48. The van der Waals surface area contributed by atoms with Gasteiger partial charge in [-0.15, -0.1) is 0 Å². The second kappa shape index (κ2) is 8.12. The molecule has 5 nitrogen and oxygen atoms in total. The predicted octanol–water partition coefficient (Wildman–Crippen LogP) is 4.86. The van der Waals surface area contributed by atoms with E-state index in [4.69, 9.17) is 0 Å². The number of hydrogen-bond acceptors (Lipinski definition) is 4. The average molecular weight is 442 g/mol. The molecular formula is C24H25F3N4O. The van der Waals surface area contributed by atoms with Gasteiger partial charge in [-0.3, -0.25) is 4.79 Å². The first-order valence-corrected chi connectivity index (χ1v) is 10.7. The zero-order valence-corrected chi connectivity index (χ0v) is 18.3. The van der Waals surface area contributed by atoms with E-state index >= 15 is 0 Å². The predicted molar refractivity (Wildman–Crippen MR) is 115 cm³/mol.